The van der Waals surface area contributed by atoms with Crippen LogP contribution >= 0.6 is 0 Å². The Kier molecular flexibility index (Phi) is 4.08. The van der Waals surface area contributed by atoms with Crippen LogP contribution in [0, 0.1) is 0 Å². The fourth-order valence-electron chi connectivity index (χ4n) is 4.48. The lowest BCUT2D eigenvalue weighted by atomic mass is 9.87. The molecule has 1 saturated heterocycles. The molecule has 3 unspecified atom stereocenters. The van der Waals surface area contributed by atoms with Crippen molar-refractivity contribution in [1.29, 1.82) is 0 Å². The summed E-state index contributed by atoms with van der Waals surface area (Å²) < 4.78 is 6.37. The van der Waals surface area contributed by atoms with Crippen LogP contribution in [0.5, 0.6) is 0 Å². The van der Waals surface area contributed by atoms with Crippen molar-refractivity contribution in [2.75, 3.05) is 0 Å². The van der Waals surface area contributed by atoms with Crippen LogP contribution in [0.25, 0.3) is 0 Å². The molecule has 2 aliphatic heterocycles. The van der Waals surface area contributed by atoms with E-state index in [9.17, 15) is 0 Å². The third-order valence-electron chi connectivity index (χ3n) is 5.69. The maximum Gasteiger partial charge on any atom is 0.0993 e. The Bertz CT molecular complexity index is 835. The Labute approximate surface area is 155 Å². The van der Waals surface area contributed by atoms with Crippen LogP contribution in [0.1, 0.15) is 40.9 Å². The molecule has 2 nitrogen and oxygen atoms in total. The lowest BCUT2D eigenvalue weighted by molar-refractivity contribution is 0.0391. The van der Waals surface area contributed by atoms with E-state index in [0.29, 0.717) is 6.04 Å². The van der Waals surface area contributed by atoms with Crippen molar-refractivity contribution in [3.63, 3.8) is 0 Å². The highest BCUT2D eigenvalue weighted by Gasteiger charge is 2.47. The largest absolute Gasteiger partial charge is 0.364 e. The minimum atomic E-state index is 0.198. The van der Waals surface area contributed by atoms with E-state index in [1.54, 1.807) is 0 Å². The average molecular weight is 341 g/mol. The molecule has 1 fully saturated rings. The lowest BCUT2D eigenvalue weighted by Crippen LogP contribution is -2.37. The van der Waals surface area contributed by atoms with E-state index in [2.05, 4.69) is 89.8 Å². The minimum Gasteiger partial charge on any atom is -0.364 e. The summed E-state index contributed by atoms with van der Waals surface area (Å²) in [6.07, 6.45) is 1.54. The Hall–Kier alpha value is -2.42. The van der Waals surface area contributed by atoms with E-state index in [0.717, 1.165) is 19.5 Å². The second-order valence-corrected chi connectivity index (χ2v) is 7.35. The second-order valence-electron chi connectivity index (χ2n) is 7.35. The Balaban J connectivity index is 1.45. The van der Waals surface area contributed by atoms with E-state index in [4.69, 9.17) is 4.74 Å². The predicted octanol–water partition coefficient (Wildman–Crippen LogP) is 5.27. The molecule has 0 aliphatic carbocycles. The van der Waals surface area contributed by atoms with Gasteiger partial charge in [0, 0.05) is 19.1 Å². The topological polar surface area (TPSA) is 12.5 Å². The number of fused-ring (bicyclic) bond motifs is 5. The van der Waals surface area contributed by atoms with Crippen LogP contribution in [0.4, 0.5) is 0 Å². The van der Waals surface area contributed by atoms with Gasteiger partial charge in [-0.05, 0) is 28.7 Å². The molecule has 2 heteroatoms. The molecule has 0 spiro atoms. The van der Waals surface area contributed by atoms with Gasteiger partial charge in [0.05, 0.1) is 12.2 Å². The summed E-state index contributed by atoms with van der Waals surface area (Å²) in [4.78, 5) is 2.60. The van der Waals surface area contributed by atoms with Gasteiger partial charge in [0.1, 0.15) is 0 Å². The molecule has 0 aromatic heterocycles. The fourth-order valence-corrected chi connectivity index (χ4v) is 4.48. The summed E-state index contributed by atoms with van der Waals surface area (Å²) in [5.41, 5.74) is 5.51. The molecule has 0 saturated carbocycles. The van der Waals surface area contributed by atoms with Crippen LogP contribution in [0.15, 0.2) is 84.9 Å². The molecular weight excluding hydrogens is 318 g/mol. The van der Waals surface area contributed by atoms with Gasteiger partial charge in [-0.1, -0.05) is 84.9 Å². The number of hydrogen-bond acceptors (Lipinski definition) is 2. The summed E-state index contributed by atoms with van der Waals surface area (Å²) in [7, 11) is 0. The zero-order valence-corrected chi connectivity index (χ0v) is 14.8. The first-order valence-electron chi connectivity index (χ1n) is 9.45. The highest BCUT2D eigenvalue weighted by Crippen LogP contribution is 2.52. The number of benzene rings is 3. The maximum absolute atomic E-state index is 6.37. The normalized spacial score (nSPS) is 23.3. The third kappa shape index (κ3) is 2.86. The fraction of sp³-hybridized carbons (Fsp3) is 0.250. The molecule has 26 heavy (non-hydrogen) atoms. The number of rotatable bonds is 5. The van der Waals surface area contributed by atoms with Gasteiger partial charge in [-0.25, -0.2) is 0 Å². The van der Waals surface area contributed by atoms with Crippen molar-refractivity contribution in [2.24, 2.45) is 0 Å². The van der Waals surface area contributed by atoms with Crippen LogP contribution in [-0.4, -0.2) is 10.9 Å². The number of nitrogens with zero attached hydrogens (tertiary/aromatic N) is 1. The molecular formula is C24H23NO. The molecule has 0 radical (unpaired) electrons. The van der Waals surface area contributed by atoms with Crippen LogP contribution in [0.2, 0.25) is 0 Å². The van der Waals surface area contributed by atoms with E-state index >= 15 is 0 Å². The Morgan fingerprint density at radius 2 is 1.23 bits per heavy atom. The van der Waals surface area contributed by atoms with E-state index in [-0.39, 0.29) is 12.2 Å². The predicted molar refractivity (Wildman–Crippen MR) is 104 cm³/mol. The van der Waals surface area contributed by atoms with Crippen molar-refractivity contribution in [2.45, 2.75) is 37.8 Å². The summed E-state index contributed by atoms with van der Waals surface area (Å²) in [5, 5.41) is 0. The van der Waals surface area contributed by atoms with E-state index in [1.165, 1.54) is 22.3 Å². The first-order valence-corrected chi connectivity index (χ1v) is 9.45. The molecule has 2 heterocycles. The molecule has 130 valence electrons. The zero-order chi connectivity index (χ0) is 17.3. The number of hydrogen-bond donors (Lipinski definition) is 0. The molecule has 2 aliphatic rings. The molecule has 5 rings (SSSR count). The monoisotopic (exact) mass is 341 g/mol. The quantitative estimate of drug-likeness (QED) is 0.626. The van der Waals surface area contributed by atoms with Crippen LogP contribution in [0.3, 0.4) is 0 Å². The first-order chi connectivity index (χ1) is 12.9. The molecule has 3 aromatic rings. The smallest absolute Gasteiger partial charge is 0.0993 e. The van der Waals surface area contributed by atoms with E-state index in [1.807, 2.05) is 0 Å². The van der Waals surface area contributed by atoms with Gasteiger partial charge < -0.3 is 4.74 Å². The summed E-state index contributed by atoms with van der Waals surface area (Å²) >= 11 is 0. The first kappa shape index (κ1) is 15.8. The third-order valence-corrected chi connectivity index (χ3v) is 5.69. The van der Waals surface area contributed by atoms with Gasteiger partial charge in [-0.3, -0.25) is 4.90 Å². The summed E-state index contributed by atoms with van der Waals surface area (Å²) in [5.74, 6) is 0. The highest BCUT2D eigenvalue weighted by atomic mass is 16.5. The van der Waals surface area contributed by atoms with Gasteiger partial charge in [-0.2, -0.15) is 0 Å². The zero-order valence-electron chi connectivity index (χ0n) is 14.8. The van der Waals surface area contributed by atoms with Crippen molar-refractivity contribution >= 4 is 0 Å². The Morgan fingerprint density at radius 1 is 0.692 bits per heavy atom. The van der Waals surface area contributed by atoms with Crippen LogP contribution in [-0.2, 0) is 17.8 Å². The van der Waals surface area contributed by atoms with Crippen molar-refractivity contribution in [3.05, 3.63) is 107 Å². The van der Waals surface area contributed by atoms with Gasteiger partial charge in [-0.15, -0.1) is 0 Å². The lowest BCUT2D eigenvalue weighted by Gasteiger charge is -2.33. The summed E-state index contributed by atoms with van der Waals surface area (Å²) in [6.45, 7) is 1.91. The molecule has 0 amide bonds. The van der Waals surface area contributed by atoms with Crippen molar-refractivity contribution in [1.82, 2.24) is 4.90 Å². The van der Waals surface area contributed by atoms with Crippen molar-refractivity contribution < 1.29 is 4.74 Å². The molecule has 0 N–H and O–H groups in total. The summed E-state index contributed by atoms with van der Waals surface area (Å²) in [6, 6.07) is 30.7. The average Bonchev–Trinajstić information content (AvgIpc) is 3.29. The van der Waals surface area contributed by atoms with E-state index < -0.39 is 0 Å². The SMILES string of the molecule is c1ccc(CN(Cc2ccccc2)C2CC3OC2c2ccccc23)cc1. The minimum absolute atomic E-state index is 0.198. The molecule has 3 atom stereocenters. The molecule has 2 bridgehead atoms. The van der Waals surface area contributed by atoms with Crippen LogP contribution < -0.4 is 0 Å². The standard InChI is InChI=1S/C24H23NO/c1-3-9-18(10-4-1)16-25(17-19-11-5-2-6-12-19)22-15-23-20-13-7-8-14-21(20)24(22)26-23/h1-14,22-24H,15-17H2. The van der Waals surface area contributed by atoms with Gasteiger partial charge in [0.15, 0.2) is 0 Å². The van der Waals surface area contributed by atoms with Gasteiger partial charge in [0.2, 0.25) is 0 Å². The number of ether oxygens (including phenoxy) is 1. The van der Waals surface area contributed by atoms with Gasteiger partial charge >= 0.3 is 0 Å². The highest BCUT2D eigenvalue weighted by molar-refractivity contribution is 5.39. The Morgan fingerprint density at radius 3 is 1.85 bits per heavy atom. The van der Waals surface area contributed by atoms with Crippen molar-refractivity contribution in [3.8, 4) is 0 Å². The molecule has 3 aromatic carbocycles. The maximum atomic E-state index is 6.37. The second kappa shape index (κ2) is 6.71. The van der Waals surface area contributed by atoms with Gasteiger partial charge in [0.25, 0.3) is 0 Å².